The van der Waals surface area contributed by atoms with E-state index >= 15 is 0 Å². The van der Waals surface area contributed by atoms with Crippen molar-refractivity contribution in [3.05, 3.63) is 34.9 Å². The minimum absolute atomic E-state index is 0.00163. The van der Waals surface area contributed by atoms with E-state index in [0.29, 0.717) is 21.7 Å². The average molecular weight is 635 g/mol. The normalized spacial score (nSPS) is 14.5. The highest BCUT2D eigenvalue weighted by Gasteiger charge is 2.12. The van der Waals surface area contributed by atoms with Crippen LogP contribution in [0.1, 0.15) is 190 Å². The van der Waals surface area contributed by atoms with E-state index in [1.54, 1.807) is 5.57 Å². The van der Waals surface area contributed by atoms with Gasteiger partial charge in [0.1, 0.15) is 0 Å². The van der Waals surface area contributed by atoms with Crippen molar-refractivity contribution in [1.82, 2.24) is 0 Å². The summed E-state index contributed by atoms with van der Waals surface area (Å²) in [6.07, 6.45) is 15.7. The molecule has 0 fully saturated rings. The Morgan fingerprint density at radius 2 is 0.822 bits per heavy atom. The van der Waals surface area contributed by atoms with Crippen LogP contribution in [0.4, 0.5) is 0 Å². The SMILES string of the molecule is C/C(=C/C(C)(C)C)CCCCC(C)(C)C.C/C(=C/C(C)(C)C)CCCOC(C)(C)C.C/C(=C/C(C)(C)C)COCCC(C)(C)C. The minimum atomic E-state index is 0.00163. The van der Waals surface area contributed by atoms with Crippen LogP contribution in [0.15, 0.2) is 34.9 Å². The minimum Gasteiger partial charge on any atom is -0.377 e. The maximum atomic E-state index is 5.68. The van der Waals surface area contributed by atoms with Crippen molar-refractivity contribution in [2.45, 2.75) is 196 Å². The van der Waals surface area contributed by atoms with Crippen molar-refractivity contribution in [2.75, 3.05) is 19.8 Å². The number of hydrogen-bond acceptors (Lipinski definition) is 2. The molecule has 0 heterocycles. The lowest BCUT2D eigenvalue weighted by atomic mass is 9.88. The first-order valence-corrected chi connectivity index (χ1v) is 18.1. The van der Waals surface area contributed by atoms with Gasteiger partial charge >= 0.3 is 0 Å². The van der Waals surface area contributed by atoms with Gasteiger partial charge in [0, 0.05) is 13.2 Å². The van der Waals surface area contributed by atoms with Gasteiger partial charge in [-0.3, -0.25) is 0 Å². The summed E-state index contributed by atoms with van der Waals surface area (Å²) in [7, 11) is 0. The molecule has 2 nitrogen and oxygen atoms in total. The fourth-order valence-corrected chi connectivity index (χ4v) is 4.80. The molecule has 0 aliphatic carbocycles. The first kappa shape index (κ1) is 48.5. The van der Waals surface area contributed by atoms with Crippen LogP contribution in [0.2, 0.25) is 0 Å². The Hall–Kier alpha value is -0.860. The topological polar surface area (TPSA) is 18.5 Å². The lowest BCUT2D eigenvalue weighted by molar-refractivity contribution is -0.00386. The molecule has 45 heavy (non-hydrogen) atoms. The van der Waals surface area contributed by atoms with E-state index in [4.69, 9.17) is 9.47 Å². The molecule has 0 N–H and O–H groups in total. The molecule has 0 aromatic rings. The highest BCUT2D eigenvalue weighted by Crippen LogP contribution is 2.25. The fourth-order valence-electron chi connectivity index (χ4n) is 4.80. The standard InChI is InChI=1S/C15H30.2C14H28O/c1-13(12-15(5,6)7)10-8-9-11-14(2,3)4;1-12(10-14(5,6)7)11-15-9-8-13(2,3)4;1-12(11-13(2,3)4)9-8-10-15-14(5,6)7/h12H,8-11H2,1-7H3;10H,8-9,11H2,1-7H3;11H,8-10H2,1-7H3/b13-12-;12-10-;12-11-. The summed E-state index contributed by atoms with van der Waals surface area (Å²) < 4.78 is 11.3. The second kappa shape index (κ2) is 21.9. The van der Waals surface area contributed by atoms with Crippen molar-refractivity contribution < 1.29 is 9.47 Å². The molecule has 270 valence electrons. The van der Waals surface area contributed by atoms with Crippen LogP contribution in [-0.4, -0.2) is 25.4 Å². The van der Waals surface area contributed by atoms with Gasteiger partial charge < -0.3 is 9.47 Å². The summed E-state index contributed by atoms with van der Waals surface area (Å²) in [4.78, 5) is 0. The summed E-state index contributed by atoms with van der Waals surface area (Å²) in [5.74, 6) is 0. The van der Waals surface area contributed by atoms with Crippen LogP contribution in [-0.2, 0) is 9.47 Å². The van der Waals surface area contributed by atoms with E-state index in [1.165, 1.54) is 36.8 Å². The third kappa shape index (κ3) is 50.2. The number of unbranched alkanes of at least 4 members (excludes halogenated alkanes) is 1. The monoisotopic (exact) mass is 635 g/mol. The van der Waals surface area contributed by atoms with Crippen molar-refractivity contribution >= 4 is 0 Å². The average Bonchev–Trinajstić information content (AvgIpc) is 2.73. The van der Waals surface area contributed by atoms with Crippen LogP contribution in [0, 0.1) is 27.1 Å². The lowest BCUT2D eigenvalue weighted by Gasteiger charge is -2.19. The summed E-state index contributed by atoms with van der Waals surface area (Å²) in [6, 6.07) is 0. The molecular weight excluding hydrogens is 548 g/mol. The first-order chi connectivity index (χ1) is 19.8. The van der Waals surface area contributed by atoms with Crippen molar-refractivity contribution in [2.24, 2.45) is 27.1 Å². The van der Waals surface area contributed by atoms with Gasteiger partial charge in [-0.05, 0) is 107 Å². The highest BCUT2D eigenvalue weighted by molar-refractivity contribution is 5.05. The molecule has 0 aliphatic rings. The molecule has 0 aliphatic heterocycles. The zero-order chi connectivity index (χ0) is 36.3. The molecule has 2 heteroatoms. The zero-order valence-corrected chi connectivity index (χ0v) is 35.1. The van der Waals surface area contributed by atoms with Crippen LogP contribution < -0.4 is 0 Å². The van der Waals surface area contributed by atoms with Crippen LogP contribution >= 0.6 is 0 Å². The molecule has 0 amide bonds. The van der Waals surface area contributed by atoms with Crippen molar-refractivity contribution in [3.63, 3.8) is 0 Å². The van der Waals surface area contributed by atoms with E-state index in [-0.39, 0.29) is 11.0 Å². The van der Waals surface area contributed by atoms with Gasteiger partial charge in [0.2, 0.25) is 0 Å². The summed E-state index contributed by atoms with van der Waals surface area (Å²) >= 11 is 0. The van der Waals surface area contributed by atoms with Crippen LogP contribution in [0.25, 0.3) is 0 Å². The van der Waals surface area contributed by atoms with Crippen LogP contribution in [0.3, 0.4) is 0 Å². The smallest absolute Gasteiger partial charge is 0.0674 e. The molecule has 0 atom stereocenters. The molecule has 0 rings (SSSR count). The zero-order valence-electron chi connectivity index (χ0n) is 35.1. The van der Waals surface area contributed by atoms with Gasteiger partial charge in [-0.2, -0.15) is 0 Å². The van der Waals surface area contributed by atoms with Gasteiger partial charge in [0.05, 0.1) is 12.2 Å². The van der Waals surface area contributed by atoms with Crippen molar-refractivity contribution in [1.29, 1.82) is 0 Å². The molecule has 0 bridgehead atoms. The Bertz CT molecular complexity index is 711. The van der Waals surface area contributed by atoms with Crippen molar-refractivity contribution in [3.8, 4) is 0 Å². The Labute approximate surface area is 286 Å². The number of rotatable bonds is 12. The molecule has 0 unspecified atom stereocenters. The Kier molecular flexibility index (Phi) is 23.6. The molecular formula is C43H86O2. The largest absolute Gasteiger partial charge is 0.377 e. The summed E-state index contributed by atoms with van der Waals surface area (Å²) in [5, 5.41) is 0. The molecule has 0 saturated carbocycles. The van der Waals surface area contributed by atoms with Gasteiger partial charge in [-0.1, -0.05) is 145 Å². The lowest BCUT2D eigenvalue weighted by Crippen LogP contribution is -2.19. The maximum absolute atomic E-state index is 5.68. The van der Waals surface area contributed by atoms with Gasteiger partial charge in [-0.15, -0.1) is 0 Å². The predicted molar refractivity (Wildman–Crippen MR) is 207 cm³/mol. The van der Waals surface area contributed by atoms with E-state index in [0.717, 1.165) is 39.1 Å². The highest BCUT2D eigenvalue weighted by atomic mass is 16.5. The third-order valence-electron chi connectivity index (χ3n) is 6.36. The van der Waals surface area contributed by atoms with Gasteiger partial charge in [-0.25, -0.2) is 0 Å². The second-order valence-electron chi connectivity index (χ2n) is 20.3. The Balaban J connectivity index is -0.000000588. The number of allylic oxidation sites excluding steroid dienone is 5. The maximum Gasteiger partial charge on any atom is 0.0674 e. The molecule has 0 spiro atoms. The predicted octanol–water partition coefficient (Wildman–Crippen LogP) is 14.6. The van der Waals surface area contributed by atoms with Crippen LogP contribution in [0.5, 0.6) is 0 Å². The number of hydrogen-bond donors (Lipinski definition) is 0. The molecule has 0 radical (unpaired) electrons. The molecule has 0 aromatic heterocycles. The van der Waals surface area contributed by atoms with Gasteiger partial charge in [0.25, 0.3) is 0 Å². The summed E-state index contributed by atoms with van der Waals surface area (Å²) in [6.45, 7) is 49.3. The number of ether oxygens (including phenoxy) is 2. The van der Waals surface area contributed by atoms with E-state index < -0.39 is 0 Å². The van der Waals surface area contributed by atoms with E-state index in [9.17, 15) is 0 Å². The summed E-state index contributed by atoms with van der Waals surface area (Å²) in [5.41, 5.74) is 6.14. The fraction of sp³-hybridized carbons (Fsp3) is 0.860. The molecule has 0 aromatic carbocycles. The van der Waals surface area contributed by atoms with Gasteiger partial charge in [0.15, 0.2) is 0 Å². The molecule has 0 saturated heterocycles. The quantitative estimate of drug-likeness (QED) is 0.157. The Morgan fingerprint density at radius 1 is 0.444 bits per heavy atom. The van der Waals surface area contributed by atoms with E-state index in [1.807, 2.05) is 0 Å². The van der Waals surface area contributed by atoms with E-state index in [2.05, 4.69) is 164 Å². The second-order valence-corrected chi connectivity index (χ2v) is 20.3. The third-order valence-corrected chi connectivity index (χ3v) is 6.36. The Morgan fingerprint density at radius 3 is 1.18 bits per heavy atom. The first-order valence-electron chi connectivity index (χ1n) is 18.1.